The lowest BCUT2D eigenvalue weighted by molar-refractivity contribution is -0.134. The van der Waals surface area contributed by atoms with E-state index in [1.807, 2.05) is 67.3 Å². The van der Waals surface area contributed by atoms with Gasteiger partial charge < -0.3 is 19.5 Å². The fourth-order valence-electron chi connectivity index (χ4n) is 3.86. The second-order valence-corrected chi connectivity index (χ2v) is 9.92. The van der Waals surface area contributed by atoms with Gasteiger partial charge in [0.2, 0.25) is 5.91 Å². The van der Waals surface area contributed by atoms with Crippen molar-refractivity contribution in [1.82, 2.24) is 10.2 Å². The summed E-state index contributed by atoms with van der Waals surface area (Å²) >= 11 is 8.71. The first-order valence-electron chi connectivity index (χ1n) is 11.4. The largest absolute Gasteiger partial charge is 0.451 e. The number of nitrogens with zero attached hydrogens (tertiary/aromatic N) is 2. The third kappa shape index (κ3) is 6.29. The molecular weight excluding hydrogens is 528 g/mol. The average molecular weight is 555 g/mol. The molecule has 1 aliphatic heterocycles. The Morgan fingerprint density at radius 3 is 2.23 bits per heavy atom. The molecule has 0 spiro atoms. The number of benzene rings is 2. The van der Waals surface area contributed by atoms with E-state index < -0.39 is 5.91 Å². The zero-order valence-electron chi connectivity index (χ0n) is 19.6. The maximum Gasteiger partial charge on any atom is 0.293 e. The molecule has 0 bridgehead atoms. The SMILES string of the molecule is CC(C)C(=O)N1CCN(c2ccc(NC(=S)NC(=O)c3ccc(-c4ccc(Br)cc4)o3)cc2)CC1. The van der Waals surface area contributed by atoms with Crippen LogP contribution in [0.15, 0.2) is 69.6 Å². The number of carbonyl (C=O) groups excluding carboxylic acids is 2. The van der Waals surface area contributed by atoms with E-state index in [9.17, 15) is 9.59 Å². The number of hydrogen-bond acceptors (Lipinski definition) is 5. The van der Waals surface area contributed by atoms with Crippen molar-refractivity contribution in [2.45, 2.75) is 13.8 Å². The summed E-state index contributed by atoms with van der Waals surface area (Å²) in [5.74, 6) is 0.594. The smallest absolute Gasteiger partial charge is 0.293 e. The summed E-state index contributed by atoms with van der Waals surface area (Å²) in [4.78, 5) is 28.9. The summed E-state index contributed by atoms with van der Waals surface area (Å²) in [5.41, 5.74) is 2.72. The summed E-state index contributed by atoms with van der Waals surface area (Å²) in [6.45, 7) is 6.91. The van der Waals surface area contributed by atoms with Crippen LogP contribution in [-0.2, 0) is 4.79 Å². The van der Waals surface area contributed by atoms with Crippen molar-refractivity contribution >= 4 is 56.4 Å². The minimum absolute atomic E-state index is 0.0255. The van der Waals surface area contributed by atoms with E-state index >= 15 is 0 Å². The van der Waals surface area contributed by atoms with Crippen molar-refractivity contribution in [2.75, 3.05) is 36.4 Å². The number of amides is 2. The van der Waals surface area contributed by atoms with Gasteiger partial charge in [0, 0.05) is 53.5 Å². The maximum atomic E-state index is 12.5. The number of nitrogens with one attached hydrogen (secondary N) is 2. The van der Waals surface area contributed by atoms with E-state index in [1.165, 1.54) is 0 Å². The molecule has 3 aromatic rings. The minimum Gasteiger partial charge on any atom is -0.451 e. The van der Waals surface area contributed by atoms with Crippen molar-refractivity contribution in [2.24, 2.45) is 5.92 Å². The van der Waals surface area contributed by atoms with Gasteiger partial charge in [-0.15, -0.1) is 0 Å². The maximum absolute atomic E-state index is 12.5. The van der Waals surface area contributed by atoms with Crippen LogP contribution in [-0.4, -0.2) is 48.0 Å². The Labute approximate surface area is 218 Å². The summed E-state index contributed by atoms with van der Waals surface area (Å²) in [6.07, 6.45) is 0. The quantitative estimate of drug-likeness (QED) is 0.425. The van der Waals surface area contributed by atoms with Gasteiger partial charge >= 0.3 is 0 Å². The zero-order chi connectivity index (χ0) is 24.9. The second-order valence-electron chi connectivity index (χ2n) is 8.59. The molecule has 2 aromatic carbocycles. The molecule has 1 aromatic heterocycles. The fourth-order valence-corrected chi connectivity index (χ4v) is 4.34. The van der Waals surface area contributed by atoms with Crippen molar-refractivity contribution < 1.29 is 14.0 Å². The molecule has 2 N–H and O–H groups in total. The number of piperazine rings is 1. The molecule has 1 fully saturated rings. The van der Waals surface area contributed by atoms with Crippen molar-refractivity contribution in [3.8, 4) is 11.3 Å². The van der Waals surface area contributed by atoms with Gasteiger partial charge in [0.15, 0.2) is 10.9 Å². The van der Waals surface area contributed by atoms with Crippen LogP contribution in [0.4, 0.5) is 11.4 Å². The third-order valence-corrected chi connectivity index (χ3v) is 6.49. The van der Waals surface area contributed by atoms with Gasteiger partial charge in [0.1, 0.15) is 5.76 Å². The molecule has 2 heterocycles. The lowest BCUT2D eigenvalue weighted by Crippen LogP contribution is -2.49. The molecule has 35 heavy (non-hydrogen) atoms. The highest BCUT2D eigenvalue weighted by molar-refractivity contribution is 9.10. The first-order valence-corrected chi connectivity index (χ1v) is 12.6. The second kappa shape index (κ2) is 11.0. The molecule has 2 amide bonds. The molecule has 9 heteroatoms. The van der Waals surface area contributed by atoms with Crippen LogP contribution < -0.4 is 15.5 Å². The molecule has 0 saturated carbocycles. The normalized spacial score (nSPS) is 13.6. The van der Waals surface area contributed by atoms with Crippen LogP contribution in [0.3, 0.4) is 0 Å². The van der Waals surface area contributed by atoms with Gasteiger partial charge in [-0.2, -0.15) is 0 Å². The van der Waals surface area contributed by atoms with E-state index in [4.69, 9.17) is 16.6 Å². The molecule has 7 nitrogen and oxygen atoms in total. The molecule has 182 valence electrons. The van der Waals surface area contributed by atoms with Gasteiger partial charge in [0.05, 0.1) is 0 Å². The monoisotopic (exact) mass is 554 g/mol. The van der Waals surface area contributed by atoms with Gasteiger partial charge in [-0.05, 0) is 60.7 Å². The topological polar surface area (TPSA) is 77.8 Å². The third-order valence-electron chi connectivity index (χ3n) is 5.76. The van der Waals surface area contributed by atoms with Gasteiger partial charge in [-0.25, -0.2) is 0 Å². The molecule has 4 rings (SSSR count). The Kier molecular flexibility index (Phi) is 7.87. The van der Waals surface area contributed by atoms with E-state index in [2.05, 4.69) is 31.5 Å². The highest BCUT2D eigenvalue weighted by Gasteiger charge is 2.23. The van der Waals surface area contributed by atoms with Gasteiger partial charge in [-0.1, -0.05) is 41.9 Å². The molecular formula is C26H27BrN4O3S. The summed E-state index contributed by atoms with van der Waals surface area (Å²) in [6, 6.07) is 18.9. The Bertz CT molecular complexity index is 1200. The van der Waals surface area contributed by atoms with Crippen LogP contribution in [0.5, 0.6) is 0 Å². The lowest BCUT2D eigenvalue weighted by atomic mass is 10.1. The number of thiocarbonyl (C=S) groups is 1. The number of halogens is 1. The molecule has 0 unspecified atom stereocenters. The Morgan fingerprint density at radius 2 is 1.60 bits per heavy atom. The van der Waals surface area contributed by atoms with E-state index in [1.54, 1.807) is 12.1 Å². The molecule has 0 radical (unpaired) electrons. The highest BCUT2D eigenvalue weighted by atomic mass is 79.9. The zero-order valence-corrected chi connectivity index (χ0v) is 22.0. The number of anilines is 2. The average Bonchev–Trinajstić information content (AvgIpc) is 3.35. The lowest BCUT2D eigenvalue weighted by Gasteiger charge is -2.37. The van der Waals surface area contributed by atoms with Crippen LogP contribution in [0, 0.1) is 5.92 Å². The molecule has 0 aliphatic carbocycles. The van der Waals surface area contributed by atoms with Crippen LogP contribution in [0.1, 0.15) is 24.4 Å². The minimum atomic E-state index is -0.420. The molecule has 1 aliphatic rings. The standard InChI is InChI=1S/C26H27BrN4O3S/c1-17(2)25(33)31-15-13-30(14-16-31)21-9-7-20(8-10-21)28-26(35)29-24(32)23-12-11-22(34-23)18-3-5-19(27)6-4-18/h3-12,17H,13-16H2,1-2H3,(H2,28,29,32,35). The van der Waals surface area contributed by atoms with Gasteiger partial charge in [-0.3, -0.25) is 14.9 Å². The first-order chi connectivity index (χ1) is 16.8. The van der Waals surface area contributed by atoms with Crippen LogP contribution in [0.2, 0.25) is 0 Å². The first kappa shape index (κ1) is 24.9. The van der Waals surface area contributed by atoms with Gasteiger partial charge in [0.25, 0.3) is 5.91 Å². The predicted molar refractivity (Wildman–Crippen MR) is 146 cm³/mol. The van der Waals surface area contributed by atoms with Crippen molar-refractivity contribution in [3.05, 3.63) is 70.9 Å². The van der Waals surface area contributed by atoms with E-state index in [0.29, 0.717) is 5.76 Å². The molecule has 0 atom stereocenters. The number of hydrogen-bond donors (Lipinski definition) is 2. The number of rotatable bonds is 5. The number of furan rings is 1. The van der Waals surface area contributed by atoms with Crippen LogP contribution in [0.25, 0.3) is 11.3 Å². The van der Waals surface area contributed by atoms with Crippen LogP contribution >= 0.6 is 28.1 Å². The van der Waals surface area contributed by atoms with E-state index in [0.717, 1.165) is 47.6 Å². The summed E-state index contributed by atoms with van der Waals surface area (Å²) < 4.78 is 6.66. The number of carbonyl (C=O) groups is 2. The Hall–Kier alpha value is -3.17. The summed E-state index contributed by atoms with van der Waals surface area (Å²) in [5, 5.41) is 5.87. The van der Waals surface area contributed by atoms with Crippen molar-refractivity contribution in [3.63, 3.8) is 0 Å². The molecule has 1 saturated heterocycles. The Balaban J connectivity index is 1.28. The fraction of sp³-hybridized carbons (Fsp3) is 0.269. The Morgan fingerprint density at radius 1 is 0.943 bits per heavy atom. The highest BCUT2D eigenvalue weighted by Crippen LogP contribution is 2.24. The van der Waals surface area contributed by atoms with Crippen molar-refractivity contribution in [1.29, 1.82) is 0 Å². The van der Waals surface area contributed by atoms with E-state index in [-0.39, 0.29) is 22.7 Å². The summed E-state index contributed by atoms with van der Waals surface area (Å²) in [7, 11) is 0. The predicted octanol–water partition coefficient (Wildman–Crippen LogP) is 5.14.